The molecular formula is C15H21ClN2O3S. The number of carbonyl (C=O) groups excluding carboxylic acids is 1. The molecule has 2 rings (SSSR count). The van der Waals surface area contributed by atoms with Crippen LogP contribution in [0.25, 0.3) is 0 Å². The van der Waals surface area contributed by atoms with Crippen molar-refractivity contribution >= 4 is 27.5 Å². The largest absolute Gasteiger partial charge is 0.340 e. The number of aryl methyl sites for hydroxylation is 1. The predicted molar refractivity (Wildman–Crippen MR) is 86.4 cm³/mol. The summed E-state index contributed by atoms with van der Waals surface area (Å²) < 4.78 is 26.7. The van der Waals surface area contributed by atoms with Crippen LogP contribution in [0.3, 0.4) is 0 Å². The fourth-order valence-corrected chi connectivity index (χ4v) is 4.09. The number of hydrogen-bond donors (Lipinski definition) is 0. The van der Waals surface area contributed by atoms with E-state index in [1.54, 1.807) is 17.0 Å². The maximum absolute atomic E-state index is 12.6. The summed E-state index contributed by atoms with van der Waals surface area (Å²) >= 11 is 6.02. The van der Waals surface area contributed by atoms with Crippen molar-refractivity contribution in [2.75, 3.05) is 26.2 Å². The van der Waals surface area contributed by atoms with Crippen LogP contribution < -0.4 is 0 Å². The Morgan fingerprint density at radius 2 is 1.77 bits per heavy atom. The van der Waals surface area contributed by atoms with E-state index >= 15 is 0 Å². The molecule has 1 fully saturated rings. The first-order chi connectivity index (χ1) is 10.2. The van der Waals surface area contributed by atoms with E-state index in [0.29, 0.717) is 31.2 Å². The number of sulfonamides is 1. The summed E-state index contributed by atoms with van der Waals surface area (Å²) in [6.45, 7) is 7.00. The molecule has 1 heterocycles. The number of nitrogens with zero attached hydrogens (tertiary/aromatic N) is 2. The molecule has 1 aliphatic heterocycles. The number of benzene rings is 1. The summed E-state index contributed by atoms with van der Waals surface area (Å²) in [5, 5.41) is 0.440. The molecule has 1 aromatic rings. The number of rotatable bonds is 3. The highest BCUT2D eigenvalue weighted by atomic mass is 35.5. The van der Waals surface area contributed by atoms with Crippen LogP contribution in [-0.4, -0.2) is 49.7 Å². The zero-order chi connectivity index (χ0) is 16.5. The average Bonchev–Trinajstić information content (AvgIpc) is 2.49. The lowest BCUT2D eigenvalue weighted by atomic mass is 10.2. The predicted octanol–water partition coefficient (Wildman–Crippen LogP) is 2.14. The molecule has 0 bridgehead atoms. The summed E-state index contributed by atoms with van der Waals surface area (Å²) in [5.74, 6) is -0.00510. The Labute approximate surface area is 136 Å². The van der Waals surface area contributed by atoms with Crippen LogP contribution in [0.1, 0.15) is 19.4 Å². The normalized spacial score (nSPS) is 17.0. The molecule has 7 heteroatoms. The van der Waals surface area contributed by atoms with Gasteiger partial charge in [-0.15, -0.1) is 0 Å². The Morgan fingerprint density at radius 3 is 2.27 bits per heavy atom. The number of halogens is 1. The highest BCUT2D eigenvalue weighted by Crippen LogP contribution is 2.23. The molecule has 1 aliphatic rings. The molecule has 0 unspecified atom stereocenters. The molecule has 122 valence electrons. The van der Waals surface area contributed by atoms with Gasteiger partial charge in [0.15, 0.2) is 0 Å². The third kappa shape index (κ3) is 3.45. The van der Waals surface area contributed by atoms with Crippen LogP contribution in [0, 0.1) is 12.8 Å². The molecule has 0 aliphatic carbocycles. The van der Waals surface area contributed by atoms with Gasteiger partial charge in [-0.3, -0.25) is 4.79 Å². The Balaban J connectivity index is 2.12. The number of piperazine rings is 1. The van der Waals surface area contributed by atoms with E-state index in [1.807, 2.05) is 20.8 Å². The molecule has 0 spiro atoms. The third-order valence-corrected chi connectivity index (χ3v) is 6.13. The number of hydrogen-bond acceptors (Lipinski definition) is 3. The van der Waals surface area contributed by atoms with E-state index in [1.165, 1.54) is 10.4 Å². The van der Waals surface area contributed by atoms with Gasteiger partial charge in [-0.25, -0.2) is 8.42 Å². The molecular weight excluding hydrogens is 324 g/mol. The molecule has 0 atom stereocenters. The molecule has 22 heavy (non-hydrogen) atoms. The van der Waals surface area contributed by atoms with Crippen LogP contribution in [0.5, 0.6) is 0 Å². The van der Waals surface area contributed by atoms with Crippen molar-refractivity contribution in [2.45, 2.75) is 25.7 Å². The van der Waals surface area contributed by atoms with E-state index in [2.05, 4.69) is 0 Å². The molecule has 5 nitrogen and oxygen atoms in total. The fourth-order valence-electron chi connectivity index (χ4n) is 2.40. The van der Waals surface area contributed by atoms with Gasteiger partial charge in [0, 0.05) is 37.1 Å². The van der Waals surface area contributed by atoms with Gasteiger partial charge in [-0.05, 0) is 24.6 Å². The fraction of sp³-hybridized carbons (Fsp3) is 0.533. The van der Waals surface area contributed by atoms with Crippen molar-refractivity contribution in [1.29, 1.82) is 0 Å². The standard InChI is InChI=1S/C15H21ClN2O3S/c1-11(2)15(19)17-6-8-18(9-7-17)22(20,21)13-5-4-12(3)14(16)10-13/h4-5,10-11H,6-9H2,1-3H3. The van der Waals surface area contributed by atoms with Crippen molar-refractivity contribution in [3.63, 3.8) is 0 Å². The maximum Gasteiger partial charge on any atom is 0.243 e. The lowest BCUT2D eigenvalue weighted by Crippen LogP contribution is -2.51. The summed E-state index contributed by atoms with van der Waals surface area (Å²) in [5.41, 5.74) is 0.841. The second-order valence-electron chi connectivity index (χ2n) is 5.80. The topological polar surface area (TPSA) is 57.7 Å². The van der Waals surface area contributed by atoms with Gasteiger partial charge in [0.05, 0.1) is 4.90 Å². The molecule has 0 aromatic heterocycles. The van der Waals surface area contributed by atoms with Gasteiger partial charge < -0.3 is 4.90 Å². The summed E-state index contributed by atoms with van der Waals surface area (Å²) in [6, 6.07) is 4.76. The van der Waals surface area contributed by atoms with Gasteiger partial charge in [0.2, 0.25) is 15.9 Å². The van der Waals surface area contributed by atoms with Crippen LogP contribution in [0.4, 0.5) is 0 Å². The number of carbonyl (C=O) groups is 1. The van der Waals surface area contributed by atoms with E-state index in [9.17, 15) is 13.2 Å². The summed E-state index contributed by atoms with van der Waals surface area (Å²) in [4.78, 5) is 13.9. The zero-order valence-electron chi connectivity index (χ0n) is 13.0. The van der Waals surface area contributed by atoms with E-state index in [-0.39, 0.29) is 16.7 Å². The Bertz CT molecular complexity index is 665. The second-order valence-corrected chi connectivity index (χ2v) is 8.14. The van der Waals surface area contributed by atoms with E-state index in [0.717, 1.165) is 5.56 Å². The van der Waals surface area contributed by atoms with Crippen LogP contribution in [0.15, 0.2) is 23.1 Å². The Morgan fingerprint density at radius 1 is 1.18 bits per heavy atom. The average molecular weight is 345 g/mol. The van der Waals surface area contributed by atoms with Crippen molar-refractivity contribution < 1.29 is 13.2 Å². The molecule has 0 N–H and O–H groups in total. The minimum Gasteiger partial charge on any atom is -0.340 e. The summed E-state index contributed by atoms with van der Waals surface area (Å²) in [6.07, 6.45) is 0. The smallest absolute Gasteiger partial charge is 0.243 e. The monoisotopic (exact) mass is 344 g/mol. The van der Waals surface area contributed by atoms with Crippen molar-refractivity contribution in [3.05, 3.63) is 28.8 Å². The molecule has 0 radical (unpaired) electrons. The Hall–Kier alpha value is -1.11. The maximum atomic E-state index is 12.6. The minimum absolute atomic E-state index is 0.0652. The van der Waals surface area contributed by atoms with Gasteiger partial charge >= 0.3 is 0 Å². The van der Waals surface area contributed by atoms with E-state index in [4.69, 9.17) is 11.6 Å². The highest BCUT2D eigenvalue weighted by molar-refractivity contribution is 7.89. The lowest BCUT2D eigenvalue weighted by molar-refractivity contribution is -0.135. The first-order valence-corrected chi connectivity index (χ1v) is 9.10. The lowest BCUT2D eigenvalue weighted by Gasteiger charge is -2.34. The van der Waals surface area contributed by atoms with Crippen LogP contribution in [0.2, 0.25) is 5.02 Å². The van der Waals surface area contributed by atoms with Crippen LogP contribution >= 0.6 is 11.6 Å². The van der Waals surface area contributed by atoms with Crippen LogP contribution in [-0.2, 0) is 14.8 Å². The minimum atomic E-state index is -3.56. The third-order valence-electron chi connectivity index (χ3n) is 3.83. The van der Waals surface area contributed by atoms with E-state index < -0.39 is 10.0 Å². The molecule has 1 aromatic carbocycles. The van der Waals surface area contributed by atoms with Gasteiger partial charge in [-0.2, -0.15) is 4.31 Å². The highest BCUT2D eigenvalue weighted by Gasteiger charge is 2.30. The molecule has 1 amide bonds. The van der Waals surface area contributed by atoms with Crippen molar-refractivity contribution in [3.8, 4) is 0 Å². The van der Waals surface area contributed by atoms with Crippen molar-refractivity contribution in [2.24, 2.45) is 5.92 Å². The Kier molecular flexibility index (Phi) is 5.14. The first-order valence-electron chi connectivity index (χ1n) is 7.28. The van der Waals surface area contributed by atoms with Crippen molar-refractivity contribution in [1.82, 2.24) is 9.21 Å². The quantitative estimate of drug-likeness (QED) is 0.844. The van der Waals surface area contributed by atoms with Gasteiger partial charge in [0.25, 0.3) is 0 Å². The van der Waals surface area contributed by atoms with Gasteiger partial charge in [0.1, 0.15) is 0 Å². The zero-order valence-corrected chi connectivity index (χ0v) is 14.6. The molecule has 1 saturated heterocycles. The number of amides is 1. The summed E-state index contributed by atoms with van der Waals surface area (Å²) in [7, 11) is -3.56. The molecule has 0 saturated carbocycles. The van der Waals surface area contributed by atoms with Gasteiger partial charge in [-0.1, -0.05) is 31.5 Å². The first kappa shape index (κ1) is 17.2. The second kappa shape index (κ2) is 6.56. The SMILES string of the molecule is Cc1ccc(S(=O)(=O)N2CCN(C(=O)C(C)C)CC2)cc1Cl.